The van der Waals surface area contributed by atoms with Crippen molar-refractivity contribution in [2.45, 2.75) is 31.0 Å². The molecule has 7 N–H and O–H groups in total. The van der Waals surface area contributed by atoms with Crippen LogP contribution in [0.4, 0.5) is 0 Å². The summed E-state index contributed by atoms with van der Waals surface area (Å²) < 4.78 is 6.26. The van der Waals surface area contributed by atoms with Crippen LogP contribution in [-0.4, -0.2) is 54.6 Å². The van der Waals surface area contributed by atoms with Crippen molar-refractivity contribution in [2.24, 2.45) is 16.6 Å². The summed E-state index contributed by atoms with van der Waals surface area (Å²) in [5.74, 6) is 0.321. The highest BCUT2D eigenvalue weighted by Crippen LogP contribution is 2.43. The van der Waals surface area contributed by atoms with E-state index < -0.39 is 11.7 Å². The van der Waals surface area contributed by atoms with Gasteiger partial charge < -0.3 is 20.0 Å². The number of ether oxygens (including phenoxy) is 1. The number of oxime groups is 1. The van der Waals surface area contributed by atoms with E-state index >= 15 is 0 Å². The number of aliphatic hydroxyl groups excluding tert-OH is 1. The van der Waals surface area contributed by atoms with Gasteiger partial charge in [0.1, 0.15) is 17.6 Å². The van der Waals surface area contributed by atoms with Crippen LogP contribution in [0.25, 0.3) is 0 Å². The van der Waals surface area contributed by atoms with E-state index in [1.54, 1.807) is 6.08 Å². The Labute approximate surface area is 167 Å². The predicted molar refractivity (Wildman–Crippen MR) is 103 cm³/mol. The maximum absolute atomic E-state index is 12.3. The van der Waals surface area contributed by atoms with Gasteiger partial charge in [-0.2, -0.15) is 0 Å². The first kappa shape index (κ1) is 20.7. The molecule has 11 heteroatoms. The van der Waals surface area contributed by atoms with Gasteiger partial charge in [0, 0.05) is 13.0 Å². The standard InChI is InChI=1S/C15H21Br2N5O4/c1-25-11-8(16)6-15(12(23)10(11)17)7-9(22-26-15)13(24)20-4-2-3-5-21-14(18)19/h6,12,23H,2-5,7H2,1H3,(H,20,24)(H4,18,19,21)/p+1/t12-,15+/m0/s1. The van der Waals surface area contributed by atoms with E-state index in [2.05, 4.69) is 47.3 Å². The van der Waals surface area contributed by atoms with Crippen LogP contribution in [0.5, 0.6) is 0 Å². The lowest BCUT2D eigenvalue weighted by atomic mass is 9.87. The third kappa shape index (κ3) is 4.57. The Morgan fingerprint density at radius 2 is 2.27 bits per heavy atom. The molecular weight excluding hydrogens is 474 g/mol. The number of aliphatic hydroxyl groups is 1. The minimum absolute atomic E-state index is 0.140. The fourth-order valence-corrected chi connectivity index (χ4v) is 4.40. The van der Waals surface area contributed by atoms with Crippen LogP contribution in [0.2, 0.25) is 0 Å². The van der Waals surface area contributed by atoms with Crippen LogP contribution in [0.3, 0.4) is 0 Å². The molecule has 0 aromatic rings. The Bertz CT molecular complexity index is 688. The molecule has 1 spiro atoms. The fraction of sp³-hybridized carbons (Fsp3) is 0.533. The summed E-state index contributed by atoms with van der Waals surface area (Å²) in [6, 6.07) is 0. The number of nitrogens with zero attached hydrogens (tertiary/aromatic N) is 1. The van der Waals surface area contributed by atoms with E-state index in [1.807, 2.05) is 0 Å². The van der Waals surface area contributed by atoms with Crippen LogP contribution >= 0.6 is 31.9 Å². The topological polar surface area (TPSA) is 146 Å². The number of methoxy groups -OCH3 is 1. The minimum atomic E-state index is -1.15. The van der Waals surface area contributed by atoms with E-state index in [9.17, 15) is 9.90 Å². The van der Waals surface area contributed by atoms with Gasteiger partial charge in [0.15, 0.2) is 5.60 Å². The Kier molecular flexibility index (Phi) is 7.07. The van der Waals surface area contributed by atoms with Gasteiger partial charge in [0.2, 0.25) is 0 Å². The van der Waals surface area contributed by atoms with Crippen molar-refractivity contribution in [2.75, 3.05) is 20.2 Å². The number of allylic oxidation sites excluding steroid dienone is 1. The SMILES string of the molecule is COC1=C(Br)[C@H](O)[C@@]2(C=C1Br)CC(C(=O)NCCCC[NH+]=C(N)N)=NO2. The first-order valence-electron chi connectivity index (χ1n) is 7.96. The number of carbonyl (C=O) groups excluding carboxylic acids is 1. The van der Waals surface area contributed by atoms with Gasteiger partial charge >= 0.3 is 5.96 Å². The van der Waals surface area contributed by atoms with Crippen molar-refractivity contribution < 1.29 is 24.5 Å². The zero-order chi connectivity index (χ0) is 19.3. The highest BCUT2D eigenvalue weighted by Gasteiger charge is 2.50. The molecule has 1 aliphatic heterocycles. The average molecular weight is 496 g/mol. The Balaban J connectivity index is 1.89. The maximum atomic E-state index is 12.3. The minimum Gasteiger partial charge on any atom is -0.495 e. The number of hydrogen-bond donors (Lipinski definition) is 5. The van der Waals surface area contributed by atoms with Crippen molar-refractivity contribution >= 4 is 49.4 Å². The number of halogens is 2. The van der Waals surface area contributed by atoms with E-state index in [1.165, 1.54) is 7.11 Å². The third-order valence-corrected chi connectivity index (χ3v) is 5.34. The first-order chi connectivity index (χ1) is 12.3. The summed E-state index contributed by atoms with van der Waals surface area (Å²) in [6.45, 7) is 1.12. The van der Waals surface area contributed by atoms with E-state index in [0.717, 1.165) is 12.8 Å². The van der Waals surface area contributed by atoms with Crippen LogP contribution in [0.1, 0.15) is 19.3 Å². The summed E-state index contributed by atoms with van der Waals surface area (Å²) >= 11 is 6.70. The normalized spacial score (nSPS) is 24.7. The molecule has 2 rings (SSSR count). The second-order valence-corrected chi connectivity index (χ2v) is 7.59. The second kappa shape index (κ2) is 8.87. The molecule has 0 radical (unpaired) electrons. The molecule has 2 atom stereocenters. The highest BCUT2D eigenvalue weighted by atomic mass is 79.9. The summed E-state index contributed by atoms with van der Waals surface area (Å²) in [5.41, 5.74) is 9.66. The summed E-state index contributed by atoms with van der Waals surface area (Å²) in [4.78, 5) is 20.5. The second-order valence-electron chi connectivity index (χ2n) is 5.88. The molecule has 9 nitrogen and oxygen atoms in total. The summed E-state index contributed by atoms with van der Waals surface area (Å²) in [6.07, 6.45) is 2.31. The Morgan fingerprint density at radius 1 is 1.54 bits per heavy atom. The van der Waals surface area contributed by atoms with Crippen molar-refractivity contribution in [3.8, 4) is 0 Å². The number of rotatable bonds is 7. The number of nitrogens with one attached hydrogen (secondary N) is 2. The lowest BCUT2D eigenvalue weighted by molar-refractivity contribution is -0.459. The zero-order valence-electron chi connectivity index (χ0n) is 14.2. The average Bonchev–Trinajstić information content (AvgIpc) is 3.01. The summed E-state index contributed by atoms with van der Waals surface area (Å²) in [5, 5.41) is 17.2. The third-order valence-electron chi connectivity index (χ3n) is 3.96. The largest absolute Gasteiger partial charge is 0.495 e. The smallest absolute Gasteiger partial charge is 0.338 e. The molecule has 0 saturated carbocycles. The van der Waals surface area contributed by atoms with Gasteiger partial charge in [-0.15, -0.1) is 0 Å². The molecule has 144 valence electrons. The van der Waals surface area contributed by atoms with Crippen molar-refractivity contribution in [1.82, 2.24) is 5.32 Å². The Hall–Kier alpha value is -1.59. The van der Waals surface area contributed by atoms with Gasteiger partial charge in [-0.1, -0.05) is 5.16 Å². The lowest BCUT2D eigenvalue weighted by Gasteiger charge is -2.33. The van der Waals surface area contributed by atoms with Crippen molar-refractivity contribution in [1.29, 1.82) is 0 Å². The van der Waals surface area contributed by atoms with Gasteiger partial charge in [-0.25, -0.2) is 0 Å². The number of hydrogen-bond acceptors (Lipinski definition) is 5. The molecule has 26 heavy (non-hydrogen) atoms. The van der Waals surface area contributed by atoms with Crippen molar-refractivity contribution in [3.63, 3.8) is 0 Å². The zero-order valence-corrected chi connectivity index (χ0v) is 17.4. The predicted octanol–water partition coefficient (Wildman–Crippen LogP) is -1.34. The van der Waals surface area contributed by atoms with E-state index in [4.69, 9.17) is 21.0 Å². The van der Waals surface area contributed by atoms with Crippen LogP contribution in [0, 0.1) is 0 Å². The highest BCUT2D eigenvalue weighted by molar-refractivity contribution is 9.12. The van der Waals surface area contributed by atoms with Gasteiger partial charge in [-0.3, -0.25) is 21.3 Å². The van der Waals surface area contributed by atoms with Gasteiger partial charge in [0.05, 0.1) is 22.6 Å². The molecule has 0 saturated heterocycles. The van der Waals surface area contributed by atoms with Gasteiger partial charge in [-0.05, 0) is 50.8 Å². The van der Waals surface area contributed by atoms with E-state index in [0.29, 0.717) is 27.8 Å². The molecule has 0 fully saturated rings. The molecule has 0 aromatic carbocycles. The molecule has 1 aliphatic carbocycles. The van der Waals surface area contributed by atoms with Crippen LogP contribution in [0.15, 0.2) is 26.0 Å². The molecule has 1 amide bonds. The van der Waals surface area contributed by atoms with Gasteiger partial charge in [0.25, 0.3) is 5.91 Å². The number of guanidine groups is 1. The number of nitrogens with two attached hydrogens (primary N) is 2. The molecule has 0 bridgehead atoms. The molecule has 0 aromatic heterocycles. The molecule has 0 unspecified atom stereocenters. The van der Waals surface area contributed by atoms with Crippen molar-refractivity contribution in [3.05, 3.63) is 20.8 Å². The molecule has 1 heterocycles. The van der Waals surface area contributed by atoms with Crippen LogP contribution in [-0.2, 0) is 14.4 Å². The fourth-order valence-electron chi connectivity index (χ4n) is 2.61. The summed E-state index contributed by atoms with van der Waals surface area (Å²) in [7, 11) is 1.50. The molecule has 2 aliphatic rings. The number of amides is 1. The maximum Gasteiger partial charge on any atom is 0.338 e. The monoisotopic (exact) mass is 494 g/mol. The number of unbranched alkanes of at least 4 members (excludes halogenated alkanes) is 1. The van der Waals surface area contributed by atoms with E-state index in [-0.39, 0.29) is 24.0 Å². The Morgan fingerprint density at radius 3 is 2.92 bits per heavy atom. The molecular formula is C15H22Br2N5O4+. The lowest BCUT2D eigenvalue weighted by Crippen LogP contribution is -2.78. The number of carbonyl (C=O) groups is 1. The van der Waals surface area contributed by atoms with Crippen LogP contribution < -0.4 is 21.8 Å². The quantitative estimate of drug-likeness (QED) is 0.168. The first-order valence-corrected chi connectivity index (χ1v) is 9.55.